The van der Waals surface area contributed by atoms with Gasteiger partial charge < -0.3 is 4.90 Å². The van der Waals surface area contributed by atoms with E-state index >= 15 is 0 Å². The topological polar surface area (TPSA) is 49.7 Å². The molecule has 6 heteroatoms. The predicted molar refractivity (Wildman–Crippen MR) is 114 cm³/mol. The second-order valence-corrected chi connectivity index (χ2v) is 8.52. The lowest BCUT2D eigenvalue weighted by atomic mass is 10.0. The fraction of sp³-hybridized carbons (Fsp3) is 0.190. The summed E-state index contributed by atoms with van der Waals surface area (Å²) in [7, 11) is 0. The quantitative estimate of drug-likeness (QED) is 0.726. The summed E-state index contributed by atoms with van der Waals surface area (Å²) in [4.78, 5) is 31.4. The van der Waals surface area contributed by atoms with Gasteiger partial charge in [-0.05, 0) is 36.1 Å². The zero-order valence-corrected chi connectivity index (χ0v) is 16.3. The molecule has 0 fully saturated rings. The highest BCUT2D eigenvalue weighted by molar-refractivity contribution is 8.41. The molecule has 0 N–H and O–H groups in total. The number of rotatable bonds is 3. The van der Waals surface area contributed by atoms with Crippen molar-refractivity contribution in [3.63, 3.8) is 0 Å². The Morgan fingerprint density at radius 1 is 1.15 bits per heavy atom. The van der Waals surface area contributed by atoms with Gasteiger partial charge in [0.25, 0.3) is 5.91 Å². The van der Waals surface area contributed by atoms with E-state index in [4.69, 9.17) is 0 Å². The smallest absolute Gasteiger partial charge is 0.285 e. The Balaban J connectivity index is 1.39. The number of hydrogen-bond acceptors (Lipinski definition) is 4. The number of para-hydroxylation sites is 1. The Morgan fingerprint density at radius 3 is 2.78 bits per heavy atom. The van der Waals surface area contributed by atoms with E-state index in [2.05, 4.69) is 11.1 Å². The van der Waals surface area contributed by atoms with Gasteiger partial charge in [0.15, 0.2) is 0 Å². The lowest BCUT2D eigenvalue weighted by molar-refractivity contribution is -0.116. The second kappa shape index (κ2) is 8.15. The molecule has 2 aromatic carbocycles. The minimum Gasteiger partial charge on any atom is -0.311 e. The summed E-state index contributed by atoms with van der Waals surface area (Å²) in [5, 5.41) is 0. The highest BCUT2D eigenvalue weighted by Crippen LogP contribution is 2.34. The maximum atomic E-state index is 12.7. The first-order valence-corrected chi connectivity index (χ1v) is 10.6. The largest absolute Gasteiger partial charge is 0.311 e. The van der Waals surface area contributed by atoms with E-state index in [9.17, 15) is 9.59 Å². The van der Waals surface area contributed by atoms with Crippen molar-refractivity contribution in [2.45, 2.75) is 12.8 Å². The molecule has 0 saturated carbocycles. The van der Waals surface area contributed by atoms with Gasteiger partial charge in [-0.15, -0.1) is 0 Å². The van der Waals surface area contributed by atoms with Crippen molar-refractivity contribution in [2.24, 2.45) is 4.99 Å². The van der Waals surface area contributed by atoms with Gasteiger partial charge in [0, 0.05) is 12.2 Å². The van der Waals surface area contributed by atoms with Crippen LogP contribution in [0, 0.1) is 0 Å². The number of nitrogens with zero attached hydrogens (tertiary/aromatic N) is 2. The summed E-state index contributed by atoms with van der Waals surface area (Å²) in [6.45, 7) is 0.744. The number of aryl methyl sites for hydroxylation is 1. The minimum atomic E-state index is -0.234. The molecule has 2 aliphatic heterocycles. The van der Waals surface area contributed by atoms with Crippen molar-refractivity contribution in [1.82, 2.24) is 0 Å². The third-order valence-electron chi connectivity index (χ3n) is 4.43. The first-order valence-electron chi connectivity index (χ1n) is 8.79. The number of carbonyl (C=O) groups excluding carboxylic acids is 2. The van der Waals surface area contributed by atoms with E-state index in [-0.39, 0.29) is 17.6 Å². The van der Waals surface area contributed by atoms with Crippen LogP contribution in [0.15, 0.2) is 64.5 Å². The van der Waals surface area contributed by atoms with E-state index < -0.39 is 0 Å². The molecule has 0 spiro atoms. The number of hydrogen-bond donors (Lipinski definition) is 0. The summed E-state index contributed by atoms with van der Waals surface area (Å²) >= 11 is 2.68. The number of carbonyl (C=O) groups is 2. The number of amides is 2. The fourth-order valence-electron chi connectivity index (χ4n) is 3.15. The van der Waals surface area contributed by atoms with Crippen LogP contribution in [0.4, 0.5) is 5.69 Å². The number of aliphatic imine (C=N–C) groups is 1. The predicted octanol–water partition coefficient (Wildman–Crippen LogP) is 4.37. The molecule has 4 nitrogen and oxygen atoms in total. The third kappa shape index (κ3) is 4.17. The molecule has 0 aromatic heterocycles. The number of benzene rings is 2. The Labute approximate surface area is 166 Å². The van der Waals surface area contributed by atoms with E-state index in [0.717, 1.165) is 30.6 Å². The van der Waals surface area contributed by atoms with Crippen LogP contribution in [0.5, 0.6) is 0 Å². The Bertz CT molecular complexity index is 938. The van der Waals surface area contributed by atoms with Crippen molar-refractivity contribution in [1.29, 1.82) is 0 Å². The molecule has 27 heavy (non-hydrogen) atoms. The van der Waals surface area contributed by atoms with Crippen LogP contribution in [0.2, 0.25) is 0 Å². The van der Waals surface area contributed by atoms with Crippen molar-refractivity contribution >= 4 is 51.5 Å². The lowest BCUT2D eigenvalue weighted by Gasteiger charge is -2.29. The second-order valence-electron chi connectivity index (χ2n) is 6.27. The maximum absolute atomic E-state index is 12.7. The summed E-state index contributed by atoms with van der Waals surface area (Å²) in [5.74, 6) is 0.108. The summed E-state index contributed by atoms with van der Waals surface area (Å²) in [6, 6.07) is 17.8. The Hall–Kier alpha value is -2.31. The Morgan fingerprint density at radius 2 is 1.93 bits per heavy atom. The first-order chi connectivity index (χ1) is 13.2. The molecule has 136 valence electrons. The molecular weight excluding hydrogens is 376 g/mol. The van der Waals surface area contributed by atoms with Crippen molar-refractivity contribution < 1.29 is 9.59 Å². The summed E-state index contributed by atoms with van der Waals surface area (Å²) in [5.41, 5.74) is 3.20. The van der Waals surface area contributed by atoms with Crippen LogP contribution in [-0.4, -0.2) is 28.5 Å². The summed E-state index contributed by atoms with van der Waals surface area (Å²) < 4.78 is 0.640. The standard InChI is InChI=1S/C21H18N2O2S2/c24-19(23-12-6-10-16-9-4-5-11-17(16)23)14-26-21-22-20(25)18(27-21)13-15-7-2-1-3-8-15/h1-5,7-9,11,13H,6,10,12,14H2/b18-13-. The molecule has 0 atom stereocenters. The van der Waals surface area contributed by atoms with Crippen molar-refractivity contribution in [2.75, 3.05) is 17.2 Å². The molecule has 0 saturated heterocycles. The highest BCUT2D eigenvalue weighted by Gasteiger charge is 2.26. The number of anilines is 1. The molecule has 2 aliphatic rings. The van der Waals surface area contributed by atoms with E-state index in [1.54, 1.807) is 0 Å². The van der Waals surface area contributed by atoms with Gasteiger partial charge in [0.05, 0.1) is 10.7 Å². The monoisotopic (exact) mass is 394 g/mol. The summed E-state index contributed by atoms with van der Waals surface area (Å²) in [6.07, 6.45) is 3.83. The fourth-order valence-corrected chi connectivity index (χ4v) is 5.02. The molecule has 2 heterocycles. The van der Waals surface area contributed by atoms with Crippen LogP contribution in [0.25, 0.3) is 6.08 Å². The SMILES string of the molecule is O=C1N=C(SCC(=O)N2CCCc3ccccc32)S/C1=C\c1ccccc1. The molecule has 2 aromatic rings. The van der Waals surface area contributed by atoms with Gasteiger partial charge in [0.2, 0.25) is 5.91 Å². The van der Waals surface area contributed by atoms with Gasteiger partial charge in [-0.3, -0.25) is 9.59 Å². The van der Waals surface area contributed by atoms with Gasteiger partial charge in [-0.25, -0.2) is 0 Å². The highest BCUT2D eigenvalue weighted by atomic mass is 32.2. The molecule has 0 aliphatic carbocycles. The molecular formula is C21H18N2O2S2. The molecule has 0 radical (unpaired) electrons. The average Bonchev–Trinajstić information content (AvgIpc) is 3.06. The maximum Gasteiger partial charge on any atom is 0.285 e. The van der Waals surface area contributed by atoms with Crippen molar-refractivity contribution in [3.8, 4) is 0 Å². The molecule has 4 rings (SSSR count). The zero-order chi connectivity index (χ0) is 18.6. The van der Waals surface area contributed by atoms with Crippen LogP contribution < -0.4 is 4.90 Å². The zero-order valence-electron chi connectivity index (χ0n) is 14.6. The number of fused-ring (bicyclic) bond motifs is 1. The van der Waals surface area contributed by atoms with Gasteiger partial charge in [-0.1, -0.05) is 72.1 Å². The molecule has 0 unspecified atom stereocenters. The third-order valence-corrected chi connectivity index (χ3v) is 6.54. The van der Waals surface area contributed by atoms with E-state index in [1.807, 2.05) is 59.5 Å². The molecule has 2 amide bonds. The van der Waals surface area contributed by atoms with Crippen LogP contribution in [0.3, 0.4) is 0 Å². The molecule has 0 bridgehead atoms. The van der Waals surface area contributed by atoms with Gasteiger partial charge >= 0.3 is 0 Å². The van der Waals surface area contributed by atoms with Crippen LogP contribution in [0.1, 0.15) is 17.5 Å². The van der Waals surface area contributed by atoms with Gasteiger partial charge in [0.1, 0.15) is 4.38 Å². The lowest BCUT2D eigenvalue weighted by Crippen LogP contribution is -2.36. The van der Waals surface area contributed by atoms with Crippen LogP contribution in [-0.2, 0) is 16.0 Å². The van der Waals surface area contributed by atoms with E-state index in [0.29, 0.717) is 9.28 Å². The average molecular weight is 395 g/mol. The van der Waals surface area contributed by atoms with Gasteiger partial charge in [-0.2, -0.15) is 4.99 Å². The normalized spacial score (nSPS) is 17.8. The first kappa shape index (κ1) is 18.1. The number of thioether (sulfide) groups is 2. The van der Waals surface area contributed by atoms with E-state index in [1.165, 1.54) is 29.1 Å². The Kier molecular flexibility index (Phi) is 5.45. The minimum absolute atomic E-state index is 0.0587. The van der Waals surface area contributed by atoms with Crippen LogP contribution >= 0.6 is 23.5 Å². The van der Waals surface area contributed by atoms with Crippen molar-refractivity contribution in [3.05, 3.63) is 70.6 Å².